The number of nitrogens with one attached hydrogen (secondary N) is 1. The number of nitrogens with zero attached hydrogens (tertiary/aromatic N) is 1. The summed E-state index contributed by atoms with van der Waals surface area (Å²) >= 11 is 0. The smallest absolute Gasteiger partial charge is 0.322 e. The average Bonchev–Trinajstić information content (AvgIpc) is 2.25. The first-order valence-corrected chi connectivity index (χ1v) is 4.98. The topological polar surface area (TPSA) is 95.7 Å². The Morgan fingerprint density at radius 1 is 1.41 bits per heavy atom. The number of hydrogen-bond donors (Lipinski definition) is 3. The summed E-state index contributed by atoms with van der Waals surface area (Å²) in [5.41, 5.74) is 6.88. The Morgan fingerprint density at radius 2 is 2.06 bits per heavy atom. The standard InChI is InChI=1S/C11H15N3O3/c1-14(2)11(17)8-4-3-7(12)5-9(8)13-6-10(15)16/h3-5,13H,6,12H2,1-2H3,(H,15,16). The number of nitrogens with two attached hydrogens (primary N) is 1. The van der Waals surface area contributed by atoms with Crippen LogP contribution in [0, 0.1) is 0 Å². The maximum Gasteiger partial charge on any atom is 0.322 e. The summed E-state index contributed by atoms with van der Waals surface area (Å²) in [7, 11) is 3.25. The maximum absolute atomic E-state index is 11.8. The average molecular weight is 237 g/mol. The van der Waals surface area contributed by atoms with Crippen LogP contribution in [0.5, 0.6) is 0 Å². The SMILES string of the molecule is CN(C)C(=O)c1ccc(N)cc1NCC(=O)O. The summed E-state index contributed by atoms with van der Waals surface area (Å²) in [5, 5.41) is 11.3. The van der Waals surface area contributed by atoms with Crippen molar-refractivity contribution in [2.45, 2.75) is 0 Å². The molecule has 92 valence electrons. The number of carbonyl (C=O) groups is 2. The van der Waals surface area contributed by atoms with Crippen LogP contribution in [0.1, 0.15) is 10.4 Å². The zero-order chi connectivity index (χ0) is 13.0. The van der Waals surface area contributed by atoms with Gasteiger partial charge in [-0.25, -0.2) is 0 Å². The summed E-state index contributed by atoms with van der Waals surface area (Å²) in [6.45, 7) is -0.267. The number of rotatable bonds is 4. The highest BCUT2D eigenvalue weighted by atomic mass is 16.4. The van der Waals surface area contributed by atoms with E-state index in [0.717, 1.165) is 0 Å². The fourth-order valence-corrected chi connectivity index (χ4v) is 1.31. The first-order chi connectivity index (χ1) is 7.91. The van der Waals surface area contributed by atoms with Gasteiger partial charge in [0.25, 0.3) is 5.91 Å². The highest BCUT2D eigenvalue weighted by molar-refractivity contribution is 6.00. The van der Waals surface area contributed by atoms with E-state index in [1.807, 2.05) is 0 Å². The fraction of sp³-hybridized carbons (Fsp3) is 0.273. The monoisotopic (exact) mass is 237 g/mol. The third-order valence-corrected chi connectivity index (χ3v) is 2.11. The molecule has 0 aliphatic heterocycles. The van der Waals surface area contributed by atoms with E-state index in [1.165, 1.54) is 4.90 Å². The number of amides is 1. The largest absolute Gasteiger partial charge is 0.480 e. The van der Waals surface area contributed by atoms with E-state index in [1.54, 1.807) is 32.3 Å². The van der Waals surface area contributed by atoms with Crippen molar-refractivity contribution in [3.8, 4) is 0 Å². The van der Waals surface area contributed by atoms with Crippen molar-refractivity contribution < 1.29 is 14.7 Å². The van der Waals surface area contributed by atoms with Crippen molar-refractivity contribution >= 4 is 23.3 Å². The van der Waals surface area contributed by atoms with E-state index in [2.05, 4.69) is 5.32 Å². The van der Waals surface area contributed by atoms with Crippen LogP contribution in [0.25, 0.3) is 0 Å². The molecule has 4 N–H and O–H groups in total. The molecule has 1 aromatic carbocycles. The number of benzene rings is 1. The molecule has 1 rings (SSSR count). The molecule has 6 heteroatoms. The Morgan fingerprint density at radius 3 is 2.59 bits per heavy atom. The van der Waals surface area contributed by atoms with Crippen LogP contribution in [0.3, 0.4) is 0 Å². The van der Waals surface area contributed by atoms with Gasteiger partial charge in [0.15, 0.2) is 0 Å². The van der Waals surface area contributed by atoms with Gasteiger partial charge in [-0.2, -0.15) is 0 Å². The first-order valence-electron chi connectivity index (χ1n) is 4.98. The number of carbonyl (C=O) groups excluding carboxylic acids is 1. The zero-order valence-corrected chi connectivity index (χ0v) is 9.73. The molecule has 0 saturated heterocycles. The van der Waals surface area contributed by atoms with Crippen molar-refractivity contribution in [1.82, 2.24) is 4.90 Å². The third-order valence-electron chi connectivity index (χ3n) is 2.11. The lowest BCUT2D eigenvalue weighted by atomic mass is 10.1. The minimum absolute atomic E-state index is 0.210. The number of hydrogen-bond acceptors (Lipinski definition) is 4. The van der Waals surface area contributed by atoms with Crippen LogP contribution in [0.2, 0.25) is 0 Å². The van der Waals surface area contributed by atoms with Crippen LogP contribution in [-0.4, -0.2) is 42.5 Å². The predicted molar refractivity (Wildman–Crippen MR) is 65.0 cm³/mol. The third kappa shape index (κ3) is 3.37. The van der Waals surface area contributed by atoms with Gasteiger partial charge in [0, 0.05) is 25.5 Å². The van der Waals surface area contributed by atoms with Gasteiger partial charge in [-0.15, -0.1) is 0 Å². The van der Waals surface area contributed by atoms with Gasteiger partial charge in [0.2, 0.25) is 0 Å². The van der Waals surface area contributed by atoms with E-state index < -0.39 is 5.97 Å². The van der Waals surface area contributed by atoms with Crippen LogP contribution in [0.15, 0.2) is 18.2 Å². The number of aliphatic carboxylic acids is 1. The molecule has 0 spiro atoms. The molecule has 0 radical (unpaired) electrons. The summed E-state index contributed by atoms with van der Waals surface area (Å²) in [4.78, 5) is 23.7. The first kappa shape index (κ1) is 12.8. The summed E-state index contributed by atoms with van der Waals surface area (Å²) in [6, 6.07) is 4.71. The Labute approximate surface area is 99.0 Å². The molecule has 0 saturated carbocycles. The van der Waals surface area contributed by atoms with Crippen LogP contribution in [0.4, 0.5) is 11.4 Å². The second kappa shape index (κ2) is 5.20. The Bertz CT molecular complexity index is 444. The van der Waals surface area contributed by atoms with Gasteiger partial charge in [0.1, 0.15) is 6.54 Å². The molecule has 0 bridgehead atoms. The number of carboxylic acids is 1. The summed E-state index contributed by atoms with van der Waals surface area (Å²) in [6.07, 6.45) is 0. The molecule has 0 heterocycles. The van der Waals surface area contributed by atoms with Crippen LogP contribution >= 0.6 is 0 Å². The molecule has 0 unspecified atom stereocenters. The molecule has 0 atom stereocenters. The molecular weight excluding hydrogens is 222 g/mol. The zero-order valence-electron chi connectivity index (χ0n) is 9.73. The maximum atomic E-state index is 11.8. The molecule has 6 nitrogen and oxygen atoms in total. The lowest BCUT2D eigenvalue weighted by molar-refractivity contribution is -0.134. The molecule has 0 aliphatic carbocycles. The van der Waals surface area contributed by atoms with Gasteiger partial charge < -0.3 is 21.1 Å². The predicted octanol–water partition coefficient (Wildman–Crippen LogP) is 0.467. The highest BCUT2D eigenvalue weighted by Gasteiger charge is 2.13. The highest BCUT2D eigenvalue weighted by Crippen LogP contribution is 2.20. The Balaban J connectivity index is 3.03. The van der Waals surface area contributed by atoms with Crippen molar-refractivity contribution in [3.63, 3.8) is 0 Å². The number of anilines is 2. The molecule has 17 heavy (non-hydrogen) atoms. The van der Waals surface area contributed by atoms with Gasteiger partial charge in [-0.1, -0.05) is 0 Å². The number of nitrogen functional groups attached to an aromatic ring is 1. The minimum atomic E-state index is -1.00. The quantitative estimate of drug-likeness (QED) is 0.661. The molecule has 1 aromatic rings. The van der Waals surface area contributed by atoms with E-state index in [4.69, 9.17) is 10.8 Å². The molecule has 1 amide bonds. The number of carboxylic acid groups (broad SMARTS) is 1. The fourth-order valence-electron chi connectivity index (χ4n) is 1.31. The lowest BCUT2D eigenvalue weighted by Crippen LogP contribution is -2.24. The van der Waals surface area contributed by atoms with Crippen molar-refractivity contribution in [2.75, 3.05) is 31.7 Å². The Hall–Kier alpha value is -2.24. The molecule has 0 aliphatic rings. The van der Waals surface area contributed by atoms with Gasteiger partial charge in [-0.05, 0) is 18.2 Å². The van der Waals surface area contributed by atoms with Gasteiger partial charge in [-0.3, -0.25) is 9.59 Å². The normalized spacial score (nSPS) is 9.76. The second-order valence-electron chi connectivity index (χ2n) is 3.75. The van der Waals surface area contributed by atoms with E-state index in [9.17, 15) is 9.59 Å². The van der Waals surface area contributed by atoms with E-state index >= 15 is 0 Å². The lowest BCUT2D eigenvalue weighted by Gasteiger charge is -2.15. The molecule has 0 fully saturated rings. The van der Waals surface area contributed by atoms with Crippen molar-refractivity contribution in [2.24, 2.45) is 0 Å². The second-order valence-corrected chi connectivity index (χ2v) is 3.75. The van der Waals surface area contributed by atoms with Gasteiger partial charge in [0.05, 0.1) is 5.56 Å². The van der Waals surface area contributed by atoms with Crippen molar-refractivity contribution in [1.29, 1.82) is 0 Å². The van der Waals surface area contributed by atoms with Gasteiger partial charge >= 0.3 is 5.97 Å². The molecular formula is C11H15N3O3. The van der Waals surface area contributed by atoms with E-state index in [0.29, 0.717) is 16.9 Å². The Kier molecular flexibility index (Phi) is 3.92. The summed E-state index contributed by atoms with van der Waals surface area (Å²) in [5.74, 6) is -1.21. The van der Waals surface area contributed by atoms with Crippen LogP contribution in [-0.2, 0) is 4.79 Å². The molecule has 0 aromatic heterocycles. The minimum Gasteiger partial charge on any atom is -0.480 e. The summed E-state index contributed by atoms with van der Waals surface area (Å²) < 4.78 is 0. The van der Waals surface area contributed by atoms with Crippen molar-refractivity contribution in [3.05, 3.63) is 23.8 Å². The van der Waals surface area contributed by atoms with E-state index in [-0.39, 0.29) is 12.5 Å². The van der Waals surface area contributed by atoms with Crippen LogP contribution < -0.4 is 11.1 Å².